The van der Waals surface area contributed by atoms with Gasteiger partial charge in [-0.2, -0.15) is 9.97 Å². The van der Waals surface area contributed by atoms with E-state index in [0.29, 0.717) is 30.1 Å². The van der Waals surface area contributed by atoms with Gasteiger partial charge in [-0.25, -0.2) is 4.98 Å². The highest BCUT2D eigenvalue weighted by molar-refractivity contribution is 6.28. The van der Waals surface area contributed by atoms with E-state index in [1.165, 1.54) is 6.33 Å². The maximum atomic E-state index is 8.99. The van der Waals surface area contributed by atoms with Crippen LogP contribution in [0.5, 0.6) is 0 Å². The number of aliphatic hydroxyl groups is 2. The van der Waals surface area contributed by atoms with Crippen molar-refractivity contribution in [2.75, 3.05) is 31.2 Å². The normalized spacial score (nSPS) is 11.0. The van der Waals surface area contributed by atoms with Crippen LogP contribution in [0.15, 0.2) is 6.33 Å². The zero-order valence-corrected chi connectivity index (χ0v) is 9.72. The summed E-state index contributed by atoms with van der Waals surface area (Å²) in [6, 6.07) is 0. The van der Waals surface area contributed by atoms with E-state index in [2.05, 4.69) is 19.9 Å². The molecule has 2 heterocycles. The first kappa shape index (κ1) is 12.0. The summed E-state index contributed by atoms with van der Waals surface area (Å²) in [7, 11) is 0. The number of hydrogen-bond donors (Lipinski definition) is 3. The molecule has 0 radical (unpaired) electrons. The fourth-order valence-electron chi connectivity index (χ4n) is 1.59. The van der Waals surface area contributed by atoms with E-state index in [9.17, 15) is 0 Å². The average molecular weight is 258 g/mol. The molecule has 0 amide bonds. The summed E-state index contributed by atoms with van der Waals surface area (Å²) in [5.74, 6) is 0.528. The Kier molecular flexibility index (Phi) is 3.72. The van der Waals surface area contributed by atoms with Gasteiger partial charge in [0.1, 0.15) is 5.52 Å². The molecule has 3 N–H and O–H groups in total. The summed E-state index contributed by atoms with van der Waals surface area (Å²) in [6.45, 7) is 0.610. The first-order valence-electron chi connectivity index (χ1n) is 5.09. The van der Waals surface area contributed by atoms with E-state index in [0.717, 1.165) is 0 Å². The Labute approximate surface area is 102 Å². The molecule has 0 unspecified atom stereocenters. The van der Waals surface area contributed by atoms with Crippen LogP contribution in [0, 0.1) is 0 Å². The summed E-state index contributed by atoms with van der Waals surface area (Å²) < 4.78 is 0. The molecule has 17 heavy (non-hydrogen) atoms. The van der Waals surface area contributed by atoms with E-state index in [4.69, 9.17) is 21.8 Å². The maximum Gasteiger partial charge on any atom is 0.226 e. The summed E-state index contributed by atoms with van der Waals surface area (Å²) in [6.07, 6.45) is 1.50. The number of H-pyrrole nitrogens is 1. The lowest BCUT2D eigenvalue weighted by Gasteiger charge is -2.21. The summed E-state index contributed by atoms with van der Waals surface area (Å²) in [4.78, 5) is 16.7. The van der Waals surface area contributed by atoms with Crippen LogP contribution in [0.4, 0.5) is 5.82 Å². The van der Waals surface area contributed by atoms with Crippen LogP contribution in [0.1, 0.15) is 0 Å². The first-order valence-corrected chi connectivity index (χ1v) is 5.47. The van der Waals surface area contributed by atoms with Crippen LogP contribution in [0.25, 0.3) is 11.2 Å². The summed E-state index contributed by atoms with van der Waals surface area (Å²) in [5.41, 5.74) is 1.09. The van der Waals surface area contributed by atoms with Crippen molar-refractivity contribution in [2.45, 2.75) is 0 Å². The van der Waals surface area contributed by atoms with E-state index in [1.807, 2.05) is 0 Å². The standard InChI is InChI=1S/C9H12ClN5O2/c10-9-13-7-6(11-5-12-7)8(14-9)15(1-3-16)2-4-17/h5,16-17H,1-4H2,(H,11,12,13,14). The van der Waals surface area contributed by atoms with Crippen LogP contribution in [0.3, 0.4) is 0 Å². The smallest absolute Gasteiger partial charge is 0.226 e. The predicted octanol–water partition coefficient (Wildman–Crippen LogP) is -0.203. The molecule has 0 spiro atoms. The Morgan fingerprint density at radius 3 is 2.59 bits per heavy atom. The zero-order chi connectivity index (χ0) is 12.3. The van der Waals surface area contributed by atoms with Crippen LogP contribution < -0.4 is 4.90 Å². The van der Waals surface area contributed by atoms with Crippen LogP contribution in [0.2, 0.25) is 5.28 Å². The molecule has 92 valence electrons. The molecule has 2 rings (SSSR count). The number of fused-ring (bicyclic) bond motifs is 1. The van der Waals surface area contributed by atoms with Gasteiger partial charge in [0.05, 0.1) is 19.5 Å². The highest BCUT2D eigenvalue weighted by Crippen LogP contribution is 2.22. The summed E-state index contributed by atoms with van der Waals surface area (Å²) in [5, 5.41) is 18.1. The molecule has 0 aliphatic heterocycles. The molecule has 7 nitrogen and oxygen atoms in total. The highest BCUT2D eigenvalue weighted by Gasteiger charge is 2.15. The third-order valence-electron chi connectivity index (χ3n) is 2.28. The number of halogens is 1. The second kappa shape index (κ2) is 5.26. The van der Waals surface area contributed by atoms with Crippen molar-refractivity contribution in [1.29, 1.82) is 0 Å². The molecule has 0 saturated heterocycles. The highest BCUT2D eigenvalue weighted by atomic mass is 35.5. The van der Waals surface area contributed by atoms with Crippen molar-refractivity contribution < 1.29 is 10.2 Å². The average Bonchev–Trinajstić information content (AvgIpc) is 2.75. The third-order valence-corrected chi connectivity index (χ3v) is 2.45. The number of hydrogen-bond acceptors (Lipinski definition) is 6. The monoisotopic (exact) mass is 257 g/mol. The fourth-order valence-corrected chi connectivity index (χ4v) is 1.75. The minimum atomic E-state index is -0.0444. The van der Waals surface area contributed by atoms with Gasteiger partial charge in [0.2, 0.25) is 5.28 Å². The molecule has 2 aromatic heterocycles. The Morgan fingerprint density at radius 2 is 1.94 bits per heavy atom. The minimum absolute atomic E-state index is 0.0444. The van der Waals surface area contributed by atoms with Gasteiger partial charge in [0.15, 0.2) is 11.5 Å². The third kappa shape index (κ3) is 2.46. The Balaban J connectivity index is 2.46. The molecule has 0 fully saturated rings. The molecular weight excluding hydrogens is 246 g/mol. The molecule has 0 bridgehead atoms. The fraction of sp³-hybridized carbons (Fsp3) is 0.444. The molecule has 0 aromatic carbocycles. The molecule has 2 aromatic rings. The quantitative estimate of drug-likeness (QED) is 0.642. The molecule has 8 heteroatoms. The van der Waals surface area contributed by atoms with Gasteiger partial charge < -0.3 is 20.1 Å². The Hall–Kier alpha value is -1.44. The molecule has 0 aliphatic carbocycles. The van der Waals surface area contributed by atoms with Crippen LogP contribution >= 0.6 is 11.6 Å². The van der Waals surface area contributed by atoms with Crippen molar-refractivity contribution in [1.82, 2.24) is 19.9 Å². The number of nitrogens with zero attached hydrogens (tertiary/aromatic N) is 4. The second-order valence-corrected chi connectivity index (χ2v) is 3.69. The Bertz CT molecular complexity index is 497. The number of aromatic amines is 1. The number of imidazole rings is 1. The zero-order valence-electron chi connectivity index (χ0n) is 8.97. The summed E-state index contributed by atoms with van der Waals surface area (Å²) >= 11 is 5.80. The number of aliphatic hydroxyl groups excluding tert-OH is 2. The van der Waals surface area contributed by atoms with E-state index in [-0.39, 0.29) is 18.5 Å². The maximum absolute atomic E-state index is 8.99. The van der Waals surface area contributed by atoms with E-state index >= 15 is 0 Å². The number of rotatable bonds is 5. The minimum Gasteiger partial charge on any atom is -0.395 e. The molecule has 0 aliphatic rings. The van der Waals surface area contributed by atoms with Gasteiger partial charge >= 0.3 is 0 Å². The van der Waals surface area contributed by atoms with Crippen molar-refractivity contribution >= 4 is 28.6 Å². The lowest BCUT2D eigenvalue weighted by Crippen LogP contribution is -2.30. The topological polar surface area (TPSA) is 98.2 Å². The molecule has 0 atom stereocenters. The largest absolute Gasteiger partial charge is 0.395 e. The number of nitrogens with one attached hydrogen (secondary N) is 1. The predicted molar refractivity (Wildman–Crippen MR) is 63.1 cm³/mol. The Morgan fingerprint density at radius 1 is 1.24 bits per heavy atom. The molecule has 0 saturated carbocycles. The SMILES string of the molecule is OCCN(CCO)c1nc(Cl)nc2nc[nH]c12. The van der Waals surface area contributed by atoms with Gasteiger partial charge in [0, 0.05) is 13.1 Å². The van der Waals surface area contributed by atoms with Crippen molar-refractivity contribution in [3.63, 3.8) is 0 Å². The lowest BCUT2D eigenvalue weighted by molar-refractivity contribution is 0.281. The van der Waals surface area contributed by atoms with Gasteiger partial charge in [-0.05, 0) is 11.6 Å². The second-order valence-electron chi connectivity index (χ2n) is 3.35. The van der Waals surface area contributed by atoms with Gasteiger partial charge in [-0.1, -0.05) is 0 Å². The lowest BCUT2D eigenvalue weighted by atomic mass is 10.4. The van der Waals surface area contributed by atoms with Gasteiger partial charge in [0.25, 0.3) is 0 Å². The van der Waals surface area contributed by atoms with E-state index < -0.39 is 0 Å². The van der Waals surface area contributed by atoms with Crippen molar-refractivity contribution in [2.24, 2.45) is 0 Å². The van der Waals surface area contributed by atoms with Gasteiger partial charge in [-0.3, -0.25) is 0 Å². The number of anilines is 1. The van der Waals surface area contributed by atoms with E-state index in [1.54, 1.807) is 4.90 Å². The van der Waals surface area contributed by atoms with Crippen LogP contribution in [-0.4, -0.2) is 56.5 Å². The van der Waals surface area contributed by atoms with Crippen LogP contribution in [-0.2, 0) is 0 Å². The number of aromatic nitrogens is 4. The first-order chi connectivity index (χ1) is 8.26. The molecular formula is C9H12ClN5O2. The van der Waals surface area contributed by atoms with Crippen molar-refractivity contribution in [3.8, 4) is 0 Å². The van der Waals surface area contributed by atoms with Gasteiger partial charge in [-0.15, -0.1) is 0 Å². The van der Waals surface area contributed by atoms with Crippen molar-refractivity contribution in [3.05, 3.63) is 11.6 Å².